The molecule has 7 heteroatoms. The van der Waals surface area contributed by atoms with E-state index >= 15 is 0 Å². The van der Waals surface area contributed by atoms with E-state index < -0.39 is 12.1 Å². The molecule has 3 rings (SSSR count). The van der Waals surface area contributed by atoms with E-state index in [1.165, 1.54) is 0 Å². The number of rotatable bonds is 3. The Hall–Kier alpha value is -2.41. The lowest BCUT2D eigenvalue weighted by molar-refractivity contribution is -0.141. The van der Waals surface area contributed by atoms with Gasteiger partial charge < -0.3 is 14.7 Å². The first-order valence-electron chi connectivity index (χ1n) is 6.69. The zero-order chi connectivity index (χ0) is 14.8. The fraction of sp³-hybridized carbons (Fsp3) is 0.357. The molecule has 0 aliphatic carbocycles. The molecule has 1 fully saturated rings. The van der Waals surface area contributed by atoms with Gasteiger partial charge in [-0.15, -0.1) is 0 Å². The van der Waals surface area contributed by atoms with Gasteiger partial charge in [-0.3, -0.25) is 14.7 Å². The van der Waals surface area contributed by atoms with Crippen molar-refractivity contribution >= 4 is 22.8 Å². The molecule has 2 heterocycles. The molecule has 1 aromatic heterocycles. The number of benzene rings is 1. The lowest BCUT2D eigenvalue weighted by Gasteiger charge is -2.32. The van der Waals surface area contributed by atoms with E-state index in [9.17, 15) is 9.59 Å². The van der Waals surface area contributed by atoms with Crippen molar-refractivity contribution < 1.29 is 19.4 Å². The van der Waals surface area contributed by atoms with Gasteiger partial charge in [0, 0.05) is 24.0 Å². The van der Waals surface area contributed by atoms with Gasteiger partial charge >= 0.3 is 5.97 Å². The summed E-state index contributed by atoms with van der Waals surface area (Å²) < 4.78 is 5.37. The summed E-state index contributed by atoms with van der Waals surface area (Å²) in [6.07, 6.45) is 1.15. The van der Waals surface area contributed by atoms with E-state index in [0.29, 0.717) is 25.3 Å². The zero-order valence-electron chi connectivity index (χ0n) is 11.3. The molecule has 1 aromatic carbocycles. The molecule has 1 saturated heterocycles. The first-order chi connectivity index (χ1) is 10.1. The second-order valence-electron chi connectivity index (χ2n) is 5.01. The van der Waals surface area contributed by atoms with Crippen molar-refractivity contribution in [1.29, 1.82) is 0 Å². The number of amides is 1. The Kier molecular flexibility index (Phi) is 3.57. The third-order valence-electron chi connectivity index (χ3n) is 3.52. The number of ether oxygens (including phenoxy) is 1. The lowest BCUT2D eigenvalue weighted by atomic mass is 10.1. The minimum atomic E-state index is -0.923. The number of aliphatic carboxylic acids is 1. The van der Waals surface area contributed by atoms with Gasteiger partial charge in [-0.05, 0) is 12.1 Å². The normalized spacial score (nSPS) is 18.9. The van der Waals surface area contributed by atoms with E-state index in [-0.39, 0.29) is 12.3 Å². The zero-order valence-corrected chi connectivity index (χ0v) is 11.3. The molecule has 0 radical (unpaired) electrons. The number of carbonyl (C=O) groups excluding carboxylic acids is 1. The van der Waals surface area contributed by atoms with Gasteiger partial charge in [-0.1, -0.05) is 6.07 Å². The van der Waals surface area contributed by atoms with E-state index in [1.807, 2.05) is 6.07 Å². The van der Waals surface area contributed by atoms with E-state index in [2.05, 4.69) is 10.2 Å². The summed E-state index contributed by atoms with van der Waals surface area (Å²) >= 11 is 0. The molecule has 0 bridgehead atoms. The fourth-order valence-corrected chi connectivity index (χ4v) is 2.47. The highest BCUT2D eigenvalue weighted by molar-refractivity contribution is 5.97. The van der Waals surface area contributed by atoms with Gasteiger partial charge in [0.25, 0.3) is 5.91 Å². The maximum Gasteiger partial charge on any atom is 0.306 e. The van der Waals surface area contributed by atoms with Crippen LogP contribution < -0.4 is 0 Å². The average molecular weight is 289 g/mol. The third-order valence-corrected chi connectivity index (χ3v) is 3.52. The van der Waals surface area contributed by atoms with Crippen molar-refractivity contribution in [2.24, 2.45) is 0 Å². The predicted molar refractivity (Wildman–Crippen MR) is 74.0 cm³/mol. The molecule has 7 nitrogen and oxygen atoms in total. The highest BCUT2D eigenvalue weighted by Crippen LogP contribution is 2.17. The molecule has 1 aliphatic rings. The number of carbonyl (C=O) groups is 2. The minimum absolute atomic E-state index is 0.0939. The van der Waals surface area contributed by atoms with Crippen LogP contribution in [0.5, 0.6) is 0 Å². The van der Waals surface area contributed by atoms with Crippen LogP contribution in [0.15, 0.2) is 24.4 Å². The predicted octanol–water partition coefficient (Wildman–Crippen LogP) is 0.879. The molecule has 1 atom stereocenters. The molecule has 2 N–H and O–H groups in total. The van der Waals surface area contributed by atoms with Crippen LogP contribution >= 0.6 is 0 Å². The Balaban J connectivity index is 1.75. The topological polar surface area (TPSA) is 95.5 Å². The van der Waals surface area contributed by atoms with Gasteiger partial charge in [0.05, 0.1) is 30.8 Å². The summed E-state index contributed by atoms with van der Waals surface area (Å²) in [5.41, 5.74) is 1.36. The first kappa shape index (κ1) is 13.6. The number of nitrogens with one attached hydrogen (secondary N) is 1. The number of hydrogen-bond donors (Lipinski definition) is 2. The van der Waals surface area contributed by atoms with Crippen molar-refractivity contribution in [1.82, 2.24) is 15.1 Å². The van der Waals surface area contributed by atoms with Crippen molar-refractivity contribution in [2.45, 2.75) is 12.5 Å². The molecule has 0 spiro atoms. The van der Waals surface area contributed by atoms with Crippen LogP contribution in [0.2, 0.25) is 0 Å². The summed E-state index contributed by atoms with van der Waals surface area (Å²) in [4.78, 5) is 24.9. The van der Waals surface area contributed by atoms with Gasteiger partial charge in [-0.25, -0.2) is 0 Å². The Morgan fingerprint density at radius 1 is 1.48 bits per heavy atom. The molecular formula is C14H15N3O4. The first-order valence-corrected chi connectivity index (χ1v) is 6.69. The molecule has 1 amide bonds. The highest BCUT2D eigenvalue weighted by atomic mass is 16.5. The van der Waals surface area contributed by atoms with Gasteiger partial charge in [-0.2, -0.15) is 5.10 Å². The number of hydrogen-bond acceptors (Lipinski definition) is 4. The minimum Gasteiger partial charge on any atom is -0.481 e. The van der Waals surface area contributed by atoms with E-state index in [4.69, 9.17) is 9.84 Å². The lowest BCUT2D eigenvalue weighted by Crippen LogP contribution is -2.46. The Labute approximate surface area is 120 Å². The molecule has 1 aliphatic heterocycles. The van der Waals surface area contributed by atoms with Crippen LogP contribution in [-0.4, -0.2) is 57.9 Å². The van der Waals surface area contributed by atoms with Crippen LogP contribution in [0.4, 0.5) is 0 Å². The molecule has 1 unspecified atom stereocenters. The summed E-state index contributed by atoms with van der Waals surface area (Å²) in [5.74, 6) is -1.04. The SMILES string of the molecule is O=C(O)CC1CN(C(=O)c2ccc3cn[nH]c3c2)CCO1. The number of aromatic nitrogens is 2. The maximum atomic E-state index is 12.5. The summed E-state index contributed by atoms with van der Waals surface area (Å²) in [6.45, 7) is 1.12. The Bertz CT molecular complexity index is 682. The highest BCUT2D eigenvalue weighted by Gasteiger charge is 2.26. The quantitative estimate of drug-likeness (QED) is 0.874. The largest absolute Gasteiger partial charge is 0.481 e. The third kappa shape index (κ3) is 2.87. The molecule has 110 valence electrons. The Morgan fingerprint density at radius 3 is 3.14 bits per heavy atom. The van der Waals surface area contributed by atoms with Gasteiger partial charge in [0.2, 0.25) is 0 Å². The average Bonchev–Trinajstić information content (AvgIpc) is 2.93. The number of fused-ring (bicyclic) bond motifs is 1. The van der Waals surface area contributed by atoms with Crippen LogP contribution in [0, 0.1) is 0 Å². The van der Waals surface area contributed by atoms with Crippen molar-refractivity contribution in [2.75, 3.05) is 19.7 Å². The number of H-pyrrole nitrogens is 1. The van der Waals surface area contributed by atoms with Crippen molar-refractivity contribution in [3.05, 3.63) is 30.0 Å². The van der Waals surface area contributed by atoms with Crippen LogP contribution in [0.25, 0.3) is 10.9 Å². The van der Waals surface area contributed by atoms with Crippen LogP contribution in [0.3, 0.4) is 0 Å². The summed E-state index contributed by atoms with van der Waals surface area (Å²) in [6, 6.07) is 5.34. The maximum absolute atomic E-state index is 12.5. The second-order valence-corrected chi connectivity index (χ2v) is 5.01. The van der Waals surface area contributed by atoms with Gasteiger partial charge in [0.1, 0.15) is 0 Å². The second kappa shape index (κ2) is 5.53. The molecular weight excluding hydrogens is 274 g/mol. The van der Waals surface area contributed by atoms with Crippen molar-refractivity contribution in [3.63, 3.8) is 0 Å². The van der Waals surface area contributed by atoms with Crippen molar-refractivity contribution in [3.8, 4) is 0 Å². The Morgan fingerprint density at radius 2 is 2.33 bits per heavy atom. The molecule has 21 heavy (non-hydrogen) atoms. The number of nitrogens with zero attached hydrogens (tertiary/aromatic N) is 2. The molecule has 0 saturated carbocycles. The number of carboxylic acid groups (broad SMARTS) is 1. The number of aromatic amines is 1. The van der Waals surface area contributed by atoms with E-state index in [1.54, 1.807) is 23.2 Å². The fourth-order valence-electron chi connectivity index (χ4n) is 2.47. The van der Waals surface area contributed by atoms with Gasteiger partial charge in [0.15, 0.2) is 0 Å². The van der Waals surface area contributed by atoms with Crippen LogP contribution in [-0.2, 0) is 9.53 Å². The monoisotopic (exact) mass is 289 g/mol. The van der Waals surface area contributed by atoms with E-state index in [0.717, 1.165) is 10.9 Å². The smallest absolute Gasteiger partial charge is 0.306 e. The standard InChI is InChI=1S/C14H15N3O4/c18-13(19)6-11-8-17(3-4-21-11)14(20)9-1-2-10-7-15-16-12(10)5-9/h1-2,5,7,11H,3-4,6,8H2,(H,15,16)(H,18,19). The summed E-state index contributed by atoms with van der Waals surface area (Å²) in [5, 5.41) is 16.5. The van der Waals surface area contributed by atoms with Crippen LogP contribution in [0.1, 0.15) is 16.8 Å². The number of morpholine rings is 1. The molecule has 2 aromatic rings. The summed E-state index contributed by atoms with van der Waals surface area (Å²) in [7, 11) is 0. The number of carboxylic acids is 1.